The number of carbonyl (C=O) groups is 1. The first-order valence-corrected chi connectivity index (χ1v) is 13.9. The molecule has 5 rings (SSSR count). The molecule has 0 saturated carbocycles. The second-order valence-electron chi connectivity index (χ2n) is 10.0. The molecule has 0 aliphatic rings. The van der Waals surface area contributed by atoms with Gasteiger partial charge >= 0.3 is 5.97 Å². The molecular formula is C30H33FN6O4S. The van der Waals surface area contributed by atoms with Crippen LogP contribution in [0.4, 0.5) is 10.2 Å². The molecule has 0 unspecified atom stereocenters. The van der Waals surface area contributed by atoms with Gasteiger partial charge in [-0.1, -0.05) is 13.8 Å². The summed E-state index contributed by atoms with van der Waals surface area (Å²) in [5.74, 6) is 1.60. The third-order valence-electron chi connectivity index (χ3n) is 5.84. The van der Waals surface area contributed by atoms with Crippen LogP contribution in [0, 0.1) is 12.7 Å². The number of carboxylic acids is 1. The topological polar surface area (TPSA) is 128 Å². The summed E-state index contributed by atoms with van der Waals surface area (Å²) in [5, 5.41) is 9.00. The Morgan fingerprint density at radius 3 is 2.43 bits per heavy atom. The largest absolute Gasteiger partial charge is 0.488 e. The highest BCUT2D eigenvalue weighted by Crippen LogP contribution is 2.33. The van der Waals surface area contributed by atoms with Crippen molar-refractivity contribution >= 4 is 28.6 Å². The van der Waals surface area contributed by atoms with Crippen LogP contribution < -0.4 is 15.2 Å². The maximum atomic E-state index is 14.2. The Morgan fingerprint density at radius 1 is 1.12 bits per heavy atom. The Hall–Kier alpha value is -4.55. The van der Waals surface area contributed by atoms with E-state index in [0.29, 0.717) is 29.7 Å². The molecule has 0 spiro atoms. The molecule has 3 N–H and O–H groups in total. The predicted molar refractivity (Wildman–Crippen MR) is 161 cm³/mol. The number of hydrogen-bond donors (Lipinski definition) is 2. The second kappa shape index (κ2) is 13.4. The number of benzene rings is 2. The van der Waals surface area contributed by atoms with E-state index in [2.05, 4.69) is 23.8 Å². The highest BCUT2D eigenvalue weighted by Gasteiger charge is 2.18. The van der Waals surface area contributed by atoms with E-state index in [1.807, 2.05) is 41.8 Å². The Labute approximate surface area is 247 Å². The Kier molecular flexibility index (Phi) is 9.71. The number of hydrogen-bond acceptors (Lipinski definition) is 9. The third kappa shape index (κ3) is 7.80. The number of nitrogen functional groups attached to an aromatic ring is 1. The van der Waals surface area contributed by atoms with E-state index in [-0.39, 0.29) is 12.5 Å². The minimum absolute atomic E-state index is 0.111. The van der Waals surface area contributed by atoms with Crippen molar-refractivity contribution in [2.24, 2.45) is 0 Å². The molecule has 0 bridgehead atoms. The van der Waals surface area contributed by atoms with Gasteiger partial charge in [-0.25, -0.2) is 19.3 Å². The first-order chi connectivity index (χ1) is 20.0. The summed E-state index contributed by atoms with van der Waals surface area (Å²) in [6, 6.07) is 11.7. The van der Waals surface area contributed by atoms with E-state index >= 15 is 0 Å². The van der Waals surface area contributed by atoms with Crippen molar-refractivity contribution in [3.8, 4) is 28.5 Å². The highest BCUT2D eigenvalue weighted by molar-refractivity contribution is 7.11. The lowest BCUT2D eigenvalue weighted by atomic mass is 10.1. The van der Waals surface area contributed by atoms with Crippen molar-refractivity contribution in [2.75, 3.05) is 26.4 Å². The number of aryl methyl sites for hydroxylation is 1. The summed E-state index contributed by atoms with van der Waals surface area (Å²) in [5.41, 5.74) is 8.59. The van der Waals surface area contributed by atoms with E-state index in [9.17, 15) is 9.18 Å². The monoisotopic (exact) mass is 592 g/mol. The quantitative estimate of drug-likeness (QED) is 0.211. The van der Waals surface area contributed by atoms with Gasteiger partial charge in [-0.3, -0.25) is 14.1 Å². The zero-order valence-corrected chi connectivity index (χ0v) is 24.9. The molecule has 42 heavy (non-hydrogen) atoms. The number of thiazole rings is 1. The number of rotatable bonds is 9. The lowest BCUT2D eigenvalue weighted by Crippen LogP contribution is -2.20. The summed E-state index contributed by atoms with van der Waals surface area (Å²) in [7, 11) is 3.43. The van der Waals surface area contributed by atoms with Crippen LogP contribution in [0.1, 0.15) is 35.5 Å². The van der Waals surface area contributed by atoms with Crippen LogP contribution >= 0.6 is 11.3 Å². The number of nitrogens with two attached hydrogens (primary N) is 1. The SMILES string of the molecule is CN(C)CC(=O)O.Cc1ncc(COc2cc(F)cc(Oc3ccc(-c4nc(C(C)C)n5ccnc(N)c45)cc3)c2)s1. The van der Waals surface area contributed by atoms with Gasteiger partial charge in [0.2, 0.25) is 0 Å². The molecule has 0 saturated heterocycles. The molecule has 5 aromatic rings. The number of anilines is 1. The fourth-order valence-electron chi connectivity index (χ4n) is 4.09. The third-order valence-corrected chi connectivity index (χ3v) is 6.72. The molecule has 3 heterocycles. The van der Waals surface area contributed by atoms with Gasteiger partial charge < -0.3 is 20.3 Å². The van der Waals surface area contributed by atoms with Crippen LogP contribution in [-0.2, 0) is 11.4 Å². The van der Waals surface area contributed by atoms with E-state index in [1.54, 1.807) is 48.8 Å². The molecule has 0 aliphatic carbocycles. The Morgan fingerprint density at radius 2 is 1.83 bits per heavy atom. The number of fused-ring (bicyclic) bond motifs is 1. The molecule has 0 atom stereocenters. The number of carboxylic acid groups (broad SMARTS) is 1. The van der Waals surface area contributed by atoms with Crippen LogP contribution in [0.2, 0.25) is 0 Å². The van der Waals surface area contributed by atoms with Gasteiger partial charge in [0, 0.05) is 48.3 Å². The Balaban J connectivity index is 0.000000517. The van der Waals surface area contributed by atoms with Crippen molar-refractivity contribution in [3.63, 3.8) is 0 Å². The summed E-state index contributed by atoms with van der Waals surface area (Å²) in [6.07, 6.45) is 5.30. The van der Waals surface area contributed by atoms with Crippen LogP contribution in [0.3, 0.4) is 0 Å². The van der Waals surface area contributed by atoms with E-state index < -0.39 is 11.8 Å². The molecular weight excluding hydrogens is 559 g/mol. The lowest BCUT2D eigenvalue weighted by molar-refractivity contribution is -0.137. The Bertz CT molecular complexity index is 1670. The normalized spacial score (nSPS) is 11.0. The first-order valence-electron chi connectivity index (χ1n) is 13.1. The van der Waals surface area contributed by atoms with E-state index in [1.165, 1.54) is 12.1 Å². The second-order valence-corrected chi connectivity index (χ2v) is 11.3. The molecule has 220 valence electrons. The number of likely N-dealkylation sites (N-methyl/N-ethyl adjacent to an activating group) is 1. The zero-order chi connectivity index (χ0) is 30.4. The van der Waals surface area contributed by atoms with Gasteiger partial charge in [-0.2, -0.15) is 0 Å². The molecule has 0 amide bonds. The minimum atomic E-state index is -0.787. The van der Waals surface area contributed by atoms with Gasteiger partial charge in [0.1, 0.15) is 52.5 Å². The molecule has 0 aliphatic heterocycles. The van der Waals surface area contributed by atoms with Gasteiger partial charge in [0.15, 0.2) is 0 Å². The zero-order valence-electron chi connectivity index (χ0n) is 24.0. The van der Waals surface area contributed by atoms with Crippen LogP contribution in [0.25, 0.3) is 16.8 Å². The molecule has 3 aromatic heterocycles. The maximum Gasteiger partial charge on any atom is 0.317 e. The number of imidazole rings is 1. The number of ether oxygens (including phenoxy) is 2. The maximum absolute atomic E-state index is 14.2. The number of aliphatic carboxylic acids is 1. The van der Waals surface area contributed by atoms with E-state index in [4.69, 9.17) is 25.3 Å². The van der Waals surface area contributed by atoms with Crippen molar-refractivity contribution in [3.05, 3.63) is 82.6 Å². The van der Waals surface area contributed by atoms with Crippen molar-refractivity contribution in [1.82, 2.24) is 24.3 Å². The number of halogens is 1. The van der Waals surface area contributed by atoms with Gasteiger partial charge in [0.25, 0.3) is 0 Å². The standard InChI is InChI=1S/C26H24FN5O2S.C4H9NO2/c1-15(2)26-31-23(24-25(28)29-8-9-32(24)26)17-4-6-19(7-5-17)34-21-11-18(27)10-20(12-21)33-14-22-13-30-16(3)35-22;1-5(2)3-4(6)7/h4-13,15H,14H2,1-3H3,(H2,28,29);3H2,1-2H3,(H,6,7). The van der Waals surface area contributed by atoms with Crippen molar-refractivity contribution < 1.29 is 23.8 Å². The van der Waals surface area contributed by atoms with Gasteiger partial charge in [0.05, 0.1) is 16.4 Å². The molecule has 0 radical (unpaired) electrons. The molecule has 0 fully saturated rings. The lowest BCUT2D eigenvalue weighted by Gasteiger charge is -2.10. The predicted octanol–water partition coefficient (Wildman–Crippen LogP) is 6.01. The number of nitrogens with zero attached hydrogens (tertiary/aromatic N) is 5. The average molecular weight is 593 g/mol. The fraction of sp³-hybridized carbons (Fsp3) is 0.267. The van der Waals surface area contributed by atoms with Crippen molar-refractivity contribution in [2.45, 2.75) is 33.3 Å². The fourth-order valence-corrected chi connectivity index (χ4v) is 4.80. The molecule has 10 nitrogen and oxygen atoms in total. The summed E-state index contributed by atoms with van der Waals surface area (Å²) in [6.45, 7) is 6.53. The van der Waals surface area contributed by atoms with E-state index in [0.717, 1.165) is 32.5 Å². The molecule has 2 aromatic carbocycles. The van der Waals surface area contributed by atoms with Crippen LogP contribution in [-0.4, -0.2) is 56.0 Å². The van der Waals surface area contributed by atoms with Crippen molar-refractivity contribution in [1.29, 1.82) is 0 Å². The number of aromatic nitrogens is 4. The highest BCUT2D eigenvalue weighted by atomic mass is 32.1. The summed E-state index contributed by atoms with van der Waals surface area (Å²) >= 11 is 1.54. The van der Waals surface area contributed by atoms with Gasteiger partial charge in [-0.15, -0.1) is 11.3 Å². The minimum Gasteiger partial charge on any atom is -0.488 e. The smallest absolute Gasteiger partial charge is 0.317 e. The van der Waals surface area contributed by atoms with Crippen LogP contribution in [0.5, 0.6) is 17.2 Å². The summed E-state index contributed by atoms with van der Waals surface area (Å²) in [4.78, 5) is 25.6. The average Bonchev–Trinajstić information content (AvgIpc) is 3.52. The van der Waals surface area contributed by atoms with Gasteiger partial charge in [-0.05, 0) is 45.3 Å². The molecule has 12 heteroatoms. The first kappa shape index (κ1) is 30.4. The van der Waals surface area contributed by atoms with Crippen LogP contribution in [0.15, 0.2) is 61.1 Å². The summed E-state index contributed by atoms with van der Waals surface area (Å²) < 4.78 is 27.8.